The van der Waals surface area contributed by atoms with Gasteiger partial charge in [-0.2, -0.15) is 0 Å². The summed E-state index contributed by atoms with van der Waals surface area (Å²) >= 11 is 1.65. The number of ether oxygens (including phenoxy) is 1. The van der Waals surface area contributed by atoms with Crippen LogP contribution < -0.4 is 10.5 Å². The van der Waals surface area contributed by atoms with Gasteiger partial charge in [-0.25, -0.2) is 4.98 Å². The predicted octanol–water partition coefficient (Wildman–Crippen LogP) is 3.23. The summed E-state index contributed by atoms with van der Waals surface area (Å²) in [5.41, 5.74) is 8.17. The fourth-order valence-corrected chi connectivity index (χ4v) is 2.99. The molecule has 1 atom stereocenters. The van der Waals surface area contributed by atoms with Gasteiger partial charge in [-0.1, -0.05) is 12.1 Å². The molecule has 3 rings (SSSR count). The van der Waals surface area contributed by atoms with Crippen molar-refractivity contribution >= 4 is 11.3 Å². The van der Waals surface area contributed by atoms with Crippen molar-refractivity contribution in [1.82, 2.24) is 4.98 Å². The normalized spacial score (nSPS) is 16.6. The Balaban J connectivity index is 1.92. The van der Waals surface area contributed by atoms with Crippen LogP contribution in [0.25, 0.3) is 11.3 Å². The molecule has 0 radical (unpaired) electrons. The summed E-state index contributed by atoms with van der Waals surface area (Å²) in [5.74, 6) is 1.50. The van der Waals surface area contributed by atoms with Gasteiger partial charge in [0.25, 0.3) is 0 Å². The summed E-state index contributed by atoms with van der Waals surface area (Å²) in [5, 5.41) is 3.11. The number of benzene rings is 1. The molecule has 1 fully saturated rings. The van der Waals surface area contributed by atoms with Crippen LogP contribution in [0.3, 0.4) is 0 Å². The molecule has 94 valence electrons. The topological polar surface area (TPSA) is 48.1 Å². The Morgan fingerprint density at radius 3 is 2.89 bits per heavy atom. The third-order valence-electron chi connectivity index (χ3n) is 3.32. The highest BCUT2D eigenvalue weighted by Gasteiger charge is 2.31. The van der Waals surface area contributed by atoms with Gasteiger partial charge < -0.3 is 10.5 Å². The SMILES string of the molecule is COc1ccccc1-c1csc(C(N)C2CC2)n1. The van der Waals surface area contributed by atoms with E-state index in [1.165, 1.54) is 12.8 Å². The second kappa shape index (κ2) is 4.71. The highest BCUT2D eigenvalue weighted by Crippen LogP contribution is 2.41. The van der Waals surface area contributed by atoms with Crippen LogP contribution in [0, 0.1) is 5.92 Å². The molecule has 1 saturated carbocycles. The molecular weight excluding hydrogens is 244 g/mol. The Bertz CT molecular complexity index is 548. The Morgan fingerprint density at radius 1 is 1.39 bits per heavy atom. The molecular formula is C14H16N2OS. The number of rotatable bonds is 4. The van der Waals surface area contributed by atoms with Gasteiger partial charge in [0.1, 0.15) is 10.8 Å². The monoisotopic (exact) mass is 260 g/mol. The molecule has 1 aliphatic rings. The zero-order chi connectivity index (χ0) is 12.5. The first kappa shape index (κ1) is 11.7. The standard InChI is InChI=1S/C14H16N2OS/c1-17-12-5-3-2-4-10(12)11-8-18-14(16-11)13(15)9-6-7-9/h2-5,8-9,13H,6-7,15H2,1H3. The van der Waals surface area contributed by atoms with Gasteiger partial charge >= 0.3 is 0 Å². The van der Waals surface area contributed by atoms with Crippen LogP contribution in [0.5, 0.6) is 5.75 Å². The molecule has 1 heterocycles. The van der Waals surface area contributed by atoms with E-state index < -0.39 is 0 Å². The third-order valence-corrected chi connectivity index (χ3v) is 4.27. The highest BCUT2D eigenvalue weighted by molar-refractivity contribution is 7.10. The molecule has 2 aromatic rings. The van der Waals surface area contributed by atoms with Gasteiger partial charge in [-0.05, 0) is 30.9 Å². The van der Waals surface area contributed by atoms with Gasteiger partial charge in [-0.15, -0.1) is 11.3 Å². The molecule has 0 amide bonds. The lowest BCUT2D eigenvalue weighted by Crippen LogP contribution is -2.11. The lowest BCUT2D eigenvalue weighted by molar-refractivity contribution is 0.416. The van der Waals surface area contributed by atoms with E-state index in [1.807, 2.05) is 24.3 Å². The fourth-order valence-electron chi connectivity index (χ4n) is 2.08. The number of methoxy groups -OCH3 is 1. The number of aromatic nitrogens is 1. The quantitative estimate of drug-likeness (QED) is 0.918. The molecule has 1 aliphatic carbocycles. The number of hydrogen-bond acceptors (Lipinski definition) is 4. The van der Waals surface area contributed by atoms with Crippen molar-refractivity contribution in [3.8, 4) is 17.0 Å². The number of thiazole rings is 1. The van der Waals surface area contributed by atoms with E-state index in [0.29, 0.717) is 5.92 Å². The van der Waals surface area contributed by atoms with Crippen molar-refractivity contribution in [3.05, 3.63) is 34.7 Å². The van der Waals surface area contributed by atoms with Crippen molar-refractivity contribution < 1.29 is 4.74 Å². The maximum Gasteiger partial charge on any atom is 0.128 e. The van der Waals surface area contributed by atoms with Crippen LogP contribution in [-0.4, -0.2) is 12.1 Å². The van der Waals surface area contributed by atoms with Gasteiger partial charge in [0.15, 0.2) is 0 Å². The van der Waals surface area contributed by atoms with E-state index in [4.69, 9.17) is 10.5 Å². The molecule has 1 unspecified atom stereocenters. The summed E-state index contributed by atoms with van der Waals surface area (Å²) in [7, 11) is 1.68. The first-order chi connectivity index (χ1) is 8.79. The van der Waals surface area contributed by atoms with Gasteiger partial charge in [0.05, 0.1) is 18.8 Å². The maximum atomic E-state index is 6.18. The van der Waals surface area contributed by atoms with Crippen LogP contribution in [0.4, 0.5) is 0 Å². The van der Waals surface area contributed by atoms with Gasteiger partial charge in [0.2, 0.25) is 0 Å². The van der Waals surface area contributed by atoms with Gasteiger partial charge in [-0.3, -0.25) is 0 Å². The second-order valence-corrected chi connectivity index (χ2v) is 5.52. The Labute approximate surface area is 111 Å². The lowest BCUT2D eigenvalue weighted by atomic mass is 10.1. The molecule has 4 heteroatoms. The predicted molar refractivity (Wildman–Crippen MR) is 73.8 cm³/mol. The number of nitrogens with zero attached hydrogens (tertiary/aromatic N) is 1. The van der Waals surface area contributed by atoms with Crippen LogP contribution in [-0.2, 0) is 0 Å². The molecule has 0 saturated heterocycles. The summed E-state index contributed by atoms with van der Waals surface area (Å²) in [6.07, 6.45) is 2.48. The summed E-state index contributed by atoms with van der Waals surface area (Å²) in [4.78, 5) is 4.66. The van der Waals surface area contributed by atoms with Crippen LogP contribution in [0.2, 0.25) is 0 Å². The zero-order valence-electron chi connectivity index (χ0n) is 10.3. The first-order valence-electron chi connectivity index (χ1n) is 6.14. The number of para-hydroxylation sites is 1. The lowest BCUT2D eigenvalue weighted by Gasteiger charge is -2.06. The van der Waals surface area contributed by atoms with Crippen LogP contribution >= 0.6 is 11.3 Å². The Kier molecular flexibility index (Phi) is 3.06. The van der Waals surface area contributed by atoms with Crippen molar-refractivity contribution in [3.63, 3.8) is 0 Å². The molecule has 1 aromatic carbocycles. The van der Waals surface area contributed by atoms with E-state index >= 15 is 0 Å². The van der Waals surface area contributed by atoms with Crippen LogP contribution in [0.15, 0.2) is 29.6 Å². The van der Waals surface area contributed by atoms with E-state index in [-0.39, 0.29) is 6.04 Å². The maximum absolute atomic E-state index is 6.18. The smallest absolute Gasteiger partial charge is 0.128 e. The average molecular weight is 260 g/mol. The third kappa shape index (κ3) is 2.13. The Morgan fingerprint density at radius 2 is 2.17 bits per heavy atom. The summed E-state index contributed by atoms with van der Waals surface area (Å²) in [6.45, 7) is 0. The molecule has 2 N–H and O–H groups in total. The summed E-state index contributed by atoms with van der Waals surface area (Å²) < 4.78 is 5.36. The average Bonchev–Trinajstić information content (AvgIpc) is 3.15. The molecule has 3 nitrogen and oxygen atoms in total. The fraction of sp³-hybridized carbons (Fsp3) is 0.357. The molecule has 1 aromatic heterocycles. The number of hydrogen-bond donors (Lipinski definition) is 1. The second-order valence-electron chi connectivity index (χ2n) is 4.63. The minimum atomic E-state index is 0.110. The van der Waals surface area contributed by atoms with Crippen molar-refractivity contribution in [1.29, 1.82) is 0 Å². The molecule has 0 bridgehead atoms. The first-order valence-corrected chi connectivity index (χ1v) is 7.02. The highest BCUT2D eigenvalue weighted by atomic mass is 32.1. The number of nitrogens with two attached hydrogens (primary N) is 1. The van der Waals surface area contributed by atoms with E-state index in [0.717, 1.165) is 22.0 Å². The largest absolute Gasteiger partial charge is 0.496 e. The summed E-state index contributed by atoms with van der Waals surface area (Å²) in [6, 6.07) is 8.05. The van der Waals surface area contributed by atoms with E-state index in [9.17, 15) is 0 Å². The zero-order valence-corrected chi connectivity index (χ0v) is 11.1. The molecule has 0 spiro atoms. The minimum absolute atomic E-state index is 0.110. The van der Waals surface area contributed by atoms with Gasteiger partial charge in [0, 0.05) is 10.9 Å². The molecule has 0 aliphatic heterocycles. The van der Waals surface area contributed by atoms with Crippen molar-refractivity contribution in [2.75, 3.05) is 7.11 Å². The molecule has 18 heavy (non-hydrogen) atoms. The van der Waals surface area contributed by atoms with E-state index in [1.54, 1.807) is 18.4 Å². The van der Waals surface area contributed by atoms with E-state index in [2.05, 4.69) is 10.4 Å². The minimum Gasteiger partial charge on any atom is -0.496 e. The van der Waals surface area contributed by atoms with Crippen molar-refractivity contribution in [2.45, 2.75) is 18.9 Å². The van der Waals surface area contributed by atoms with Crippen molar-refractivity contribution in [2.24, 2.45) is 11.7 Å². The van der Waals surface area contributed by atoms with Crippen LogP contribution in [0.1, 0.15) is 23.9 Å². The Hall–Kier alpha value is -1.39.